The molecule has 390 valence electrons. The summed E-state index contributed by atoms with van der Waals surface area (Å²) >= 11 is 6.37. The van der Waals surface area contributed by atoms with Gasteiger partial charge in [-0.2, -0.15) is 15.1 Å². The number of aliphatic hydroxyl groups is 2. The Morgan fingerprint density at radius 2 is 1.38 bits per heavy atom. The molecule has 0 aromatic carbocycles. The fraction of sp³-hybridized carbons (Fsp3) is 0.810. The Morgan fingerprint density at radius 3 is 1.99 bits per heavy atom. The molecule has 4 atom stereocenters. The Kier molecular flexibility index (Phi) is 23.2. The minimum Gasteiger partial charge on any atom is -0.387 e. The van der Waals surface area contributed by atoms with E-state index in [0.717, 1.165) is 44.5 Å². The van der Waals surface area contributed by atoms with Crippen molar-refractivity contribution in [3.05, 3.63) is 23.4 Å². The van der Waals surface area contributed by atoms with Crippen LogP contribution in [-0.4, -0.2) is 217 Å². The Morgan fingerprint density at radius 1 is 0.797 bits per heavy atom. The van der Waals surface area contributed by atoms with E-state index in [2.05, 4.69) is 30.3 Å². The summed E-state index contributed by atoms with van der Waals surface area (Å²) < 4.78 is 75.5. The molecule has 3 aromatic rings. The van der Waals surface area contributed by atoms with Crippen molar-refractivity contribution in [2.24, 2.45) is 5.41 Å². The molecule has 0 bridgehead atoms. The highest BCUT2D eigenvalue weighted by molar-refractivity contribution is 7.51. The summed E-state index contributed by atoms with van der Waals surface area (Å²) in [7, 11) is -4.42. The first-order valence-electron chi connectivity index (χ1n) is 23.3. The molecule has 6 rings (SSSR count). The standard InChI is InChI=1S/C42H68ClN8O17P/c1-31(52)4-8-58-10-12-60-14-15-61-13-11-59-9-7-50-25-32(47-48-50)26-65-21-20-63-17-16-62-18-19-64-22-23-67-33-2-5-42(6-3-33)28-49(29-42)38-34-24-44-51(39(34)46-41(43)45-38)40-37(54)36(53)35(68-40)27-66-30-69(55,56)57/h24-25,33,35-37,40,53-54H,2-23,26-30H2,1H3,(H2,55,56,57)/t35-,36-,37-,40-/m1/s1. The summed E-state index contributed by atoms with van der Waals surface area (Å²) in [6, 6.07) is 0. The quantitative estimate of drug-likeness (QED) is 0.0358. The first-order chi connectivity index (χ1) is 33.4. The number of aliphatic hydroxyl groups excluding tert-OH is 2. The fourth-order valence-corrected chi connectivity index (χ4v) is 8.53. The van der Waals surface area contributed by atoms with Crippen molar-refractivity contribution in [1.82, 2.24) is 34.7 Å². The summed E-state index contributed by atoms with van der Waals surface area (Å²) in [6.45, 7) is 11.0. The van der Waals surface area contributed by atoms with Crippen molar-refractivity contribution in [2.45, 2.75) is 82.8 Å². The van der Waals surface area contributed by atoms with Crippen LogP contribution in [0.15, 0.2) is 12.4 Å². The Hall–Kier alpha value is -2.92. The van der Waals surface area contributed by atoms with Crippen LogP contribution in [0.25, 0.3) is 11.0 Å². The highest BCUT2D eigenvalue weighted by Crippen LogP contribution is 2.47. The van der Waals surface area contributed by atoms with E-state index in [1.807, 2.05) is 6.20 Å². The first kappa shape index (κ1) is 55.4. The summed E-state index contributed by atoms with van der Waals surface area (Å²) in [6.07, 6.45) is 2.03. The predicted octanol–water partition coefficient (Wildman–Crippen LogP) is 0.920. The van der Waals surface area contributed by atoms with Crippen LogP contribution in [0.4, 0.5) is 5.82 Å². The topological polar surface area (TPSA) is 294 Å². The van der Waals surface area contributed by atoms with E-state index in [1.165, 1.54) is 4.68 Å². The monoisotopic (exact) mass is 1020 g/mol. The van der Waals surface area contributed by atoms with Gasteiger partial charge in [0.05, 0.1) is 149 Å². The second kappa shape index (κ2) is 28.9. The molecule has 0 radical (unpaired) electrons. The molecule has 1 aliphatic carbocycles. The van der Waals surface area contributed by atoms with Gasteiger partial charge < -0.3 is 77.0 Å². The van der Waals surface area contributed by atoms with E-state index in [1.54, 1.807) is 17.8 Å². The molecule has 3 fully saturated rings. The lowest BCUT2D eigenvalue weighted by Crippen LogP contribution is -2.58. The molecular formula is C42H68ClN8O17P. The molecule has 1 spiro atoms. The number of hydrogen-bond acceptors (Lipinski definition) is 21. The molecule has 3 aromatic heterocycles. The zero-order chi connectivity index (χ0) is 48.9. The summed E-state index contributed by atoms with van der Waals surface area (Å²) in [5.41, 5.74) is 1.17. The number of hydrogen-bond donors (Lipinski definition) is 4. The molecule has 69 heavy (non-hydrogen) atoms. The molecule has 5 heterocycles. The van der Waals surface area contributed by atoms with Crippen LogP contribution in [-0.2, 0) is 74.6 Å². The number of halogens is 1. The molecule has 1 saturated carbocycles. The van der Waals surface area contributed by atoms with E-state index in [4.69, 9.17) is 73.5 Å². The fourth-order valence-electron chi connectivity index (χ4n) is 8.03. The van der Waals surface area contributed by atoms with Gasteiger partial charge in [-0.1, -0.05) is 5.21 Å². The van der Waals surface area contributed by atoms with Gasteiger partial charge in [0.1, 0.15) is 42.0 Å². The third-order valence-electron chi connectivity index (χ3n) is 11.6. The lowest BCUT2D eigenvalue weighted by Gasteiger charge is -2.54. The molecular weight excluding hydrogens is 955 g/mol. The Balaban J connectivity index is 0.718. The Bertz CT molecular complexity index is 2000. The van der Waals surface area contributed by atoms with Crippen molar-refractivity contribution in [1.29, 1.82) is 0 Å². The van der Waals surface area contributed by atoms with E-state index in [9.17, 15) is 19.6 Å². The predicted molar refractivity (Wildman–Crippen MR) is 243 cm³/mol. The number of aromatic nitrogens is 7. The Labute approximate surface area is 405 Å². The summed E-state index contributed by atoms with van der Waals surface area (Å²) in [5.74, 6) is 0.727. The van der Waals surface area contributed by atoms with Crippen molar-refractivity contribution in [2.75, 3.05) is 137 Å². The molecule has 2 aliphatic heterocycles. The maximum Gasteiger partial charge on any atom is 0.350 e. The van der Waals surface area contributed by atoms with Gasteiger partial charge in [0, 0.05) is 24.9 Å². The molecule has 0 unspecified atom stereocenters. The molecule has 4 N–H and O–H groups in total. The maximum absolute atomic E-state index is 11.1. The second-order valence-electron chi connectivity index (χ2n) is 17.0. The summed E-state index contributed by atoms with van der Waals surface area (Å²) in [4.78, 5) is 40.0. The van der Waals surface area contributed by atoms with E-state index in [0.29, 0.717) is 142 Å². The third-order valence-corrected chi connectivity index (χ3v) is 12.3. The van der Waals surface area contributed by atoms with E-state index < -0.39 is 38.5 Å². The molecule has 0 amide bonds. The first-order valence-corrected chi connectivity index (χ1v) is 25.5. The molecule has 2 saturated heterocycles. The van der Waals surface area contributed by atoms with E-state index >= 15 is 0 Å². The molecule has 3 aliphatic rings. The van der Waals surface area contributed by atoms with Gasteiger partial charge in [-0.25, -0.2) is 9.36 Å². The third kappa shape index (κ3) is 18.6. The number of Topliss-reactive ketones (excluding diaryl/α,β-unsaturated/α-hetero) is 1. The van der Waals surface area contributed by atoms with Crippen LogP contribution < -0.4 is 4.90 Å². The molecule has 27 heteroatoms. The number of ether oxygens (including phenoxy) is 11. The lowest BCUT2D eigenvalue weighted by molar-refractivity contribution is -0.118. The van der Waals surface area contributed by atoms with Gasteiger partial charge in [0.15, 0.2) is 11.9 Å². The average molecular weight is 1020 g/mol. The van der Waals surface area contributed by atoms with Crippen LogP contribution in [0.2, 0.25) is 5.28 Å². The highest BCUT2D eigenvalue weighted by Gasteiger charge is 2.48. The highest BCUT2D eigenvalue weighted by atomic mass is 35.5. The zero-order valence-electron chi connectivity index (χ0n) is 39.1. The average Bonchev–Trinajstić information content (AvgIpc) is 4.02. The van der Waals surface area contributed by atoms with Gasteiger partial charge in [-0.3, -0.25) is 9.36 Å². The SMILES string of the molecule is CC(=O)CCOCCOCCOCCOCCn1cc(COCCOCCOCCOCCOC2CCC3(CC2)CN(c2nc(Cl)nc4c2cnn4[C@@H]2O[C@H](COCP(=O)(O)O)[C@@H](O)[C@H]2O)C3)nn1. The van der Waals surface area contributed by atoms with Gasteiger partial charge in [0.2, 0.25) is 5.28 Å². The van der Waals surface area contributed by atoms with Crippen molar-refractivity contribution in [3.8, 4) is 0 Å². The van der Waals surface area contributed by atoms with Gasteiger partial charge >= 0.3 is 7.60 Å². The smallest absolute Gasteiger partial charge is 0.350 e. The largest absolute Gasteiger partial charge is 0.387 e. The van der Waals surface area contributed by atoms with Crippen molar-refractivity contribution >= 4 is 41.8 Å². The van der Waals surface area contributed by atoms with Gasteiger partial charge in [-0.05, 0) is 44.2 Å². The number of carbonyl (C=O) groups is 1. The zero-order valence-corrected chi connectivity index (χ0v) is 40.8. The number of rotatable bonds is 36. The van der Waals surface area contributed by atoms with Crippen molar-refractivity contribution < 1.29 is 81.5 Å². The van der Waals surface area contributed by atoms with Crippen molar-refractivity contribution in [3.63, 3.8) is 0 Å². The van der Waals surface area contributed by atoms with Crippen LogP contribution in [0, 0.1) is 5.41 Å². The van der Waals surface area contributed by atoms with Crippen LogP contribution in [0.5, 0.6) is 0 Å². The minimum absolute atomic E-state index is 0.0102. The molecule has 25 nitrogen and oxygen atoms in total. The summed E-state index contributed by atoms with van der Waals surface area (Å²) in [5, 5.41) is 34.5. The number of nitrogens with zero attached hydrogens (tertiary/aromatic N) is 8. The normalized spacial score (nSPS) is 20.7. The van der Waals surface area contributed by atoms with Crippen LogP contribution >= 0.6 is 19.2 Å². The van der Waals surface area contributed by atoms with E-state index in [-0.39, 0.29) is 29.2 Å². The van der Waals surface area contributed by atoms with Crippen LogP contribution in [0.1, 0.15) is 50.9 Å². The lowest BCUT2D eigenvalue weighted by atomic mass is 9.68. The van der Waals surface area contributed by atoms with Gasteiger partial charge in [0.25, 0.3) is 0 Å². The number of ketones is 1. The second-order valence-corrected chi connectivity index (χ2v) is 19.0. The number of fused-ring (bicyclic) bond motifs is 1. The number of carbonyl (C=O) groups excluding carboxylic acids is 1. The van der Waals surface area contributed by atoms with Gasteiger partial charge in [-0.15, -0.1) is 5.10 Å². The number of anilines is 1. The minimum atomic E-state index is -4.42. The van der Waals surface area contributed by atoms with Crippen LogP contribution in [0.3, 0.4) is 0 Å². The maximum atomic E-state index is 11.1.